The van der Waals surface area contributed by atoms with Crippen LogP contribution in [0.4, 0.5) is 0 Å². The highest BCUT2D eigenvalue weighted by Gasteiger charge is 2.12. The molecule has 1 aromatic rings. The van der Waals surface area contributed by atoms with Gasteiger partial charge in [-0.3, -0.25) is 10.5 Å². The summed E-state index contributed by atoms with van der Waals surface area (Å²) in [5.41, 5.74) is 3.11. The lowest BCUT2D eigenvalue weighted by Gasteiger charge is -2.19. The van der Waals surface area contributed by atoms with Crippen molar-refractivity contribution in [3.8, 4) is 0 Å². The summed E-state index contributed by atoms with van der Waals surface area (Å²) in [7, 11) is 0. The van der Waals surface area contributed by atoms with Gasteiger partial charge in [0.05, 0.1) is 0 Å². The first-order chi connectivity index (χ1) is 6.91. The third-order valence-electron chi connectivity index (χ3n) is 2.44. The van der Waals surface area contributed by atoms with E-state index in [2.05, 4.69) is 58.9 Å². The molecule has 0 aliphatic rings. The Labute approximate surface area is 92.5 Å². The highest BCUT2D eigenvalue weighted by Crippen LogP contribution is 2.24. The van der Waals surface area contributed by atoms with Crippen LogP contribution in [0.5, 0.6) is 0 Å². The maximum Gasteiger partial charge on any atom is -0.0132 e. The Morgan fingerprint density at radius 1 is 0.933 bits per heavy atom. The second kappa shape index (κ2) is 5.89. The Hall–Kier alpha value is -0.860. The standard InChI is InChI=1S/C13H20.H2O2/c1-10(2)11-6-8-12(9-7-11)13(3,4)5;1-2/h6-10H,1-5H3;1-2H. The maximum absolute atomic E-state index is 6.00. The van der Waals surface area contributed by atoms with Crippen molar-refractivity contribution >= 4 is 0 Å². The van der Waals surface area contributed by atoms with E-state index >= 15 is 0 Å². The minimum absolute atomic E-state index is 0.273. The van der Waals surface area contributed by atoms with Gasteiger partial charge in [0.15, 0.2) is 0 Å². The maximum atomic E-state index is 6.00. The number of hydrogen-bond donors (Lipinski definition) is 2. The summed E-state index contributed by atoms with van der Waals surface area (Å²) in [6, 6.07) is 8.97. The van der Waals surface area contributed by atoms with E-state index in [0.29, 0.717) is 5.92 Å². The first-order valence-corrected chi connectivity index (χ1v) is 5.21. The van der Waals surface area contributed by atoms with Gasteiger partial charge in [-0.15, -0.1) is 0 Å². The quantitative estimate of drug-likeness (QED) is 0.540. The summed E-state index contributed by atoms with van der Waals surface area (Å²) in [6.07, 6.45) is 0. The van der Waals surface area contributed by atoms with Gasteiger partial charge in [-0.25, -0.2) is 0 Å². The van der Waals surface area contributed by atoms with E-state index in [4.69, 9.17) is 10.5 Å². The van der Waals surface area contributed by atoms with E-state index in [-0.39, 0.29) is 5.41 Å². The Bertz CT molecular complexity index is 268. The zero-order valence-corrected chi connectivity index (χ0v) is 10.3. The third-order valence-corrected chi connectivity index (χ3v) is 2.44. The molecule has 0 saturated carbocycles. The first-order valence-electron chi connectivity index (χ1n) is 5.21. The Kier molecular flexibility index (Phi) is 5.55. The summed E-state index contributed by atoms with van der Waals surface area (Å²) in [5.74, 6) is 0.633. The fraction of sp³-hybridized carbons (Fsp3) is 0.538. The molecule has 0 heterocycles. The molecule has 0 atom stereocenters. The molecule has 0 saturated heterocycles. The molecule has 0 spiro atoms. The summed E-state index contributed by atoms with van der Waals surface area (Å²) < 4.78 is 0. The SMILES string of the molecule is CC(C)c1ccc(C(C)(C)C)cc1.OO. The lowest BCUT2D eigenvalue weighted by molar-refractivity contribution is -0.176. The lowest BCUT2D eigenvalue weighted by Crippen LogP contribution is -2.10. The Morgan fingerprint density at radius 2 is 1.33 bits per heavy atom. The van der Waals surface area contributed by atoms with Crippen molar-refractivity contribution in [2.24, 2.45) is 0 Å². The van der Waals surface area contributed by atoms with Crippen LogP contribution in [-0.2, 0) is 5.41 Å². The smallest absolute Gasteiger partial charge is 0.0132 e. The Balaban J connectivity index is 0.000000921. The average Bonchev–Trinajstić information content (AvgIpc) is 2.20. The van der Waals surface area contributed by atoms with Crippen molar-refractivity contribution in [2.45, 2.75) is 46.0 Å². The molecule has 0 amide bonds. The van der Waals surface area contributed by atoms with Gasteiger partial charge in [0.25, 0.3) is 0 Å². The van der Waals surface area contributed by atoms with E-state index in [1.165, 1.54) is 11.1 Å². The van der Waals surface area contributed by atoms with Crippen molar-refractivity contribution in [1.29, 1.82) is 0 Å². The van der Waals surface area contributed by atoms with Crippen molar-refractivity contribution in [1.82, 2.24) is 0 Å². The molecule has 0 fully saturated rings. The molecule has 0 radical (unpaired) electrons. The predicted octanol–water partition coefficient (Wildman–Crippen LogP) is 4.12. The summed E-state index contributed by atoms with van der Waals surface area (Å²) in [4.78, 5) is 0. The van der Waals surface area contributed by atoms with Gasteiger partial charge in [-0.1, -0.05) is 58.9 Å². The van der Waals surface area contributed by atoms with Crippen LogP contribution in [0.15, 0.2) is 24.3 Å². The second-order valence-electron chi connectivity index (χ2n) is 5.03. The predicted molar refractivity (Wildman–Crippen MR) is 64.5 cm³/mol. The largest absolute Gasteiger partial charge is 0.255 e. The number of hydrogen-bond acceptors (Lipinski definition) is 2. The zero-order valence-electron chi connectivity index (χ0n) is 10.3. The minimum atomic E-state index is 0.273. The topological polar surface area (TPSA) is 40.5 Å². The van der Waals surface area contributed by atoms with Crippen LogP contribution in [0.3, 0.4) is 0 Å². The van der Waals surface area contributed by atoms with Crippen LogP contribution in [0, 0.1) is 0 Å². The lowest BCUT2D eigenvalue weighted by atomic mass is 9.86. The van der Waals surface area contributed by atoms with Gasteiger partial charge in [-0.2, -0.15) is 0 Å². The molecule has 2 heteroatoms. The van der Waals surface area contributed by atoms with Crippen LogP contribution in [0.1, 0.15) is 51.7 Å². The summed E-state index contributed by atoms with van der Waals surface area (Å²) in [5, 5.41) is 12.0. The van der Waals surface area contributed by atoms with Gasteiger partial charge < -0.3 is 0 Å². The molecule has 2 N–H and O–H groups in total. The van der Waals surface area contributed by atoms with Gasteiger partial charge >= 0.3 is 0 Å². The van der Waals surface area contributed by atoms with Crippen LogP contribution in [0.2, 0.25) is 0 Å². The van der Waals surface area contributed by atoms with Crippen LogP contribution >= 0.6 is 0 Å². The van der Waals surface area contributed by atoms with E-state index < -0.39 is 0 Å². The van der Waals surface area contributed by atoms with Gasteiger partial charge in [0, 0.05) is 0 Å². The highest BCUT2D eigenvalue weighted by atomic mass is 17.0. The van der Waals surface area contributed by atoms with Crippen LogP contribution in [-0.4, -0.2) is 10.5 Å². The summed E-state index contributed by atoms with van der Waals surface area (Å²) in [6.45, 7) is 11.2. The van der Waals surface area contributed by atoms with Crippen molar-refractivity contribution in [3.05, 3.63) is 35.4 Å². The molecule has 1 rings (SSSR count). The molecule has 0 bridgehead atoms. The molecule has 2 nitrogen and oxygen atoms in total. The zero-order chi connectivity index (χ0) is 12.1. The molecule has 0 aliphatic heterocycles. The van der Waals surface area contributed by atoms with E-state index in [1.807, 2.05) is 0 Å². The van der Waals surface area contributed by atoms with Crippen LogP contribution < -0.4 is 0 Å². The van der Waals surface area contributed by atoms with E-state index in [9.17, 15) is 0 Å². The normalized spacial score (nSPS) is 10.9. The number of rotatable bonds is 1. The molecule has 86 valence electrons. The molecule has 0 unspecified atom stereocenters. The molecule has 0 aliphatic carbocycles. The van der Waals surface area contributed by atoms with Gasteiger partial charge in [0.1, 0.15) is 0 Å². The molecular formula is C13H22O2. The van der Waals surface area contributed by atoms with Gasteiger partial charge in [0.2, 0.25) is 0 Å². The minimum Gasteiger partial charge on any atom is -0.255 e. The third kappa shape index (κ3) is 4.45. The molecule has 15 heavy (non-hydrogen) atoms. The van der Waals surface area contributed by atoms with E-state index in [1.54, 1.807) is 0 Å². The first kappa shape index (κ1) is 14.1. The van der Waals surface area contributed by atoms with Crippen molar-refractivity contribution in [2.75, 3.05) is 0 Å². The van der Waals surface area contributed by atoms with Crippen molar-refractivity contribution < 1.29 is 10.5 Å². The Morgan fingerprint density at radius 3 is 1.60 bits per heavy atom. The fourth-order valence-electron chi connectivity index (χ4n) is 1.37. The highest BCUT2D eigenvalue weighted by molar-refractivity contribution is 5.28. The number of benzene rings is 1. The average molecular weight is 210 g/mol. The second-order valence-corrected chi connectivity index (χ2v) is 5.03. The molecule has 1 aromatic carbocycles. The summed E-state index contributed by atoms with van der Waals surface area (Å²) >= 11 is 0. The van der Waals surface area contributed by atoms with Gasteiger partial charge in [-0.05, 0) is 22.5 Å². The fourth-order valence-corrected chi connectivity index (χ4v) is 1.37. The van der Waals surface area contributed by atoms with E-state index in [0.717, 1.165) is 0 Å². The molecular weight excluding hydrogens is 188 g/mol. The van der Waals surface area contributed by atoms with Crippen LogP contribution in [0.25, 0.3) is 0 Å². The molecule has 0 aromatic heterocycles. The van der Waals surface area contributed by atoms with Crippen molar-refractivity contribution in [3.63, 3.8) is 0 Å². The monoisotopic (exact) mass is 210 g/mol.